The van der Waals surface area contributed by atoms with E-state index in [1.165, 1.54) is 6.42 Å². The fraction of sp³-hybridized carbons (Fsp3) is 0.692. The number of oxazole rings is 1. The lowest BCUT2D eigenvalue weighted by molar-refractivity contribution is 0.0575. The van der Waals surface area contributed by atoms with Gasteiger partial charge in [-0.05, 0) is 32.6 Å². The van der Waals surface area contributed by atoms with Crippen LogP contribution in [0, 0.1) is 13.8 Å². The molecule has 0 bridgehead atoms. The highest BCUT2D eigenvalue weighted by Gasteiger charge is 2.30. The van der Waals surface area contributed by atoms with E-state index in [1.54, 1.807) is 6.92 Å². The molecule has 1 saturated heterocycles. The maximum atomic E-state index is 12.5. The van der Waals surface area contributed by atoms with Crippen LogP contribution in [0.4, 0.5) is 0 Å². The number of aromatic nitrogens is 1. The van der Waals surface area contributed by atoms with E-state index in [-0.39, 0.29) is 5.91 Å². The number of piperidine rings is 1. The molecule has 100 valence electrons. The maximum absolute atomic E-state index is 12.5. The van der Waals surface area contributed by atoms with Gasteiger partial charge in [-0.3, -0.25) is 4.79 Å². The Balaban J connectivity index is 2.18. The van der Waals surface area contributed by atoms with Gasteiger partial charge < -0.3 is 9.32 Å². The number of nitrogens with zero attached hydrogens (tertiary/aromatic N) is 2. The van der Waals surface area contributed by atoms with Crippen molar-refractivity contribution in [2.75, 3.05) is 11.9 Å². The SMILES string of the molecule is Cc1nc(C)c(C(=O)N2CCCCC2CCBr)o1. The zero-order chi connectivity index (χ0) is 13.1. The number of rotatable bonds is 3. The molecule has 1 aromatic rings. The van der Waals surface area contributed by atoms with Crippen molar-refractivity contribution >= 4 is 21.8 Å². The van der Waals surface area contributed by atoms with Gasteiger partial charge in [0, 0.05) is 24.8 Å². The summed E-state index contributed by atoms with van der Waals surface area (Å²) in [7, 11) is 0. The van der Waals surface area contributed by atoms with Gasteiger partial charge in [-0.2, -0.15) is 0 Å². The molecule has 0 spiro atoms. The monoisotopic (exact) mass is 314 g/mol. The number of hydrogen-bond donors (Lipinski definition) is 0. The van der Waals surface area contributed by atoms with Gasteiger partial charge >= 0.3 is 0 Å². The van der Waals surface area contributed by atoms with Crippen molar-refractivity contribution in [3.8, 4) is 0 Å². The van der Waals surface area contributed by atoms with Crippen LogP contribution in [0.5, 0.6) is 0 Å². The van der Waals surface area contributed by atoms with Gasteiger partial charge in [0.15, 0.2) is 5.89 Å². The second kappa shape index (κ2) is 5.87. The molecule has 18 heavy (non-hydrogen) atoms. The standard InChI is InChI=1S/C13H19BrN2O2/c1-9-12(18-10(2)15-9)13(17)16-8-4-3-5-11(16)6-7-14/h11H,3-8H2,1-2H3. The number of hydrogen-bond acceptors (Lipinski definition) is 3. The van der Waals surface area contributed by atoms with E-state index in [4.69, 9.17) is 4.42 Å². The Morgan fingerprint density at radius 3 is 2.89 bits per heavy atom. The molecule has 1 unspecified atom stereocenters. The quantitative estimate of drug-likeness (QED) is 0.805. The van der Waals surface area contributed by atoms with Crippen LogP contribution < -0.4 is 0 Å². The molecule has 2 rings (SSSR count). The highest BCUT2D eigenvalue weighted by atomic mass is 79.9. The Morgan fingerprint density at radius 1 is 1.50 bits per heavy atom. The average Bonchev–Trinajstić information content (AvgIpc) is 2.69. The first-order valence-corrected chi connectivity index (χ1v) is 7.56. The molecular formula is C13H19BrN2O2. The molecule has 0 radical (unpaired) electrons. The van der Waals surface area contributed by atoms with Crippen LogP contribution in [0.3, 0.4) is 0 Å². The Labute approximate surface area is 116 Å². The highest BCUT2D eigenvalue weighted by molar-refractivity contribution is 9.09. The van der Waals surface area contributed by atoms with E-state index in [0.717, 1.165) is 31.1 Å². The van der Waals surface area contributed by atoms with Crippen molar-refractivity contribution in [3.05, 3.63) is 17.3 Å². The van der Waals surface area contributed by atoms with Crippen molar-refractivity contribution in [2.24, 2.45) is 0 Å². The number of halogens is 1. The van der Waals surface area contributed by atoms with E-state index in [1.807, 2.05) is 11.8 Å². The summed E-state index contributed by atoms with van der Waals surface area (Å²) < 4.78 is 5.44. The molecule has 1 aromatic heterocycles. The first-order valence-electron chi connectivity index (χ1n) is 6.44. The molecule has 0 aliphatic carbocycles. The molecular weight excluding hydrogens is 296 g/mol. The van der Waals surface area contributed by atoms with Crippen molar-refractivity contribution in [1.29, 1.82) is 0 Å². The lowest BCUT2D eigenvalue weighted by Crippen LogP contribution is -2.44. The Bertz CT molecular complexity index is 429. The van der Waals surface area contributed by atoms with Gasteiger partial charge in [0.25, 0.3) is 5.91 Å². The fourth-order valence-corrected chi connectivity index (χ4v) is 3.08. The minimum Gasteiger partial charge on any atom is -0.436 e. The first-order chi connectivity index (χ1) is 8.63. The molecule has 0 N–H and O–H groups in total. The summed E-state index contributed by atoms with van der Waals surface area (Å²) >= 11 is 3.46. The summed E-state index contributed by atoms with van der Waals surface area (Å²) in [5.74, 6) is 0.970. The predicted octanol–water partition coefficient (Wildman–Crippen LogP) is 3.07. The van der Waals surface area contributed by atoms with Crippen LogP contribution in [-0.2, 0) is 0 Å². The summed E-state index contributed by atoms with van der Waals surface area (Å²) in [6, 6.07) is 0.329. The van der Waals surface area contributed by atoms with Crippen molar-refractivity contribution < 1.29 is 9.21 Å². The first kappa shape index (κ1) is 13.6. The van der Waals surface area contributed by atoms with E-state index in [0.29, 0.717) is 23.4 Å². The third-order valence-electron chi connectivity index (χ3n) is 3.43. The van der Waals surface area contributed by atoms with E-state index in [2.05, 4.69) is 20.9 Å². The summed E-state index contributed by atoms with van der Waals surface area (Å²) in [6.07, 6.45) is 4.37. The fourth-order valence-electron chi connectivity index (χ4n) is 2.55. The molecule has 1 fully saturated rings. The summed E-state index contributed by atoms with van der Waals surface area (Å²) in [4.78, 5) is 18.6. The minimum absolute atomic E-state index is 0.00116. The summed E-state index contributed by atoms with van der Waals surface area (Å²) in [5.41, 5.74) is 0.695. The minimum atomic E-state index is -0.00116. The van der Waals surface area contributed by atoms with Crippen molar-refractivity contribution in [1.82, 2.24) is 9.88 Å². The maximum Gasteiger partial charge on any atom is 0.291 e. The van der Waals surface area contributed by atoms with Crippen LogP contribution in [0.15, 0.2) is 4.42 Å². The van der Waals surface area contributed by atoms with Crippen LogP contribution in [0.25, 0.3) is 0 Å². The highest BCUT2D eigenvalue weighted by Crippen LogP contribution is 2.23. The molecule has 2 heterocycles. The third kappa shape index (κ3) is 2.76. The molecule has 1 atom stereocenters. The Morgan fingerprint density at radius 2 is 2.28 bits per heavy atom. The van der Waals surface area contributed by atoms with Gasteiger partial charge in [-0.15, -0.1) is 0 Å². The topological polar surface area (TPSA) is 46.3 Å². The normalized spacial score (nSPS) is 20.2. The molecule has 1 amide bonds. The second-order valence-electron chi connectivity index (χ2n) is 4.77. The van der Waals surface area contributed by atoms with Gasteiger partial charge in [0.2, 0.25) is 5.76 Å². The number of aryl methyl sites for hydroxylation is 2. The van der Waals surface area contributed by atoms with Crippen LogP contribution in [-0.4, -0.2) is 33.7 Å². The molecule has 0 aromatic carbocycles. The average molecular weight is 315 g/mol. The number of amides is 1. The van der Waals surface area contributed by atoms with E-state index < -0.39 is 0 Å². The van der Waals surface area contributed by atoms with Gasteiger partial charge in [-0.1, -0.05) is 15.9 Å². The van der Waals surface area contributed by atoms with Crippen LogP contribution in [0.1, 0.15) is 47.8 Å². The van der Waals surface area contributed by atoms with E-state index in [9.17, 15) is 4.79 Å². The number of alkyl halides is 1. The molecule has 1 aliphatic rings. The third-order valence-corrected chi connectivity index (χ3v) is 3.89. The summed E-state index contributed by atoms with van der Waals surface area (Å²) in [6.45, 7) is 4.43. The number of carbonyl (C=O) groups is 1. The predicted molar refractivity (Wildman–Crippen MR) is 73.1 cm³/mol. The van der Waals surface area contributed by atoms with Gasteiger partial charge in [-0.25, -0.2) is 4.98 Å². The number of likely N-dealkylation sites (tertiary alicyclic amines) is 1. The second-order valence-corrected chi connectivity index (χ2v) is 5.57. The lowest BCUT2D eigenvalue weighted by atomic mass is 9.99. The van der Waals surface area contributed by atoms with Crippen LogP contribution >= 0.6 is 15.9 Å². The molecule has 0 saturated carbocycles. The summed E-state index contributed by atoms with van der Waals surface area (Å²) in [5, 5.41) is 0.926. The molecule has 5 heteroatoms. The van der Waals surface area contributed by atoms with E-state index >= 15 is 0 Å². The Hall–Kier alpha value is -0.840. The Kier molecular flexibility index (Phi) is 4.43. The largest absolute Gasteiger partial charge is 0.436 e. The van der Waals surface area contributed by atoms with Gasteiger partial charge in [0.05, 0.1) is 5.69 Å². The lowest BCUT2D eigenvalue weighted by Gasteiger charge is -2.35. The number of carbonyl (C=O) groups excluding carboxylic acids is 1. The molecule has 4 nitrogen and oxygen atoms in total. The smallest absolute Gasteiger partial charge is 0.291 e. The zero-order valence-electron chi connectivity index (χ0n) is 10.9. The molecule has 1 aliphatic heterocycles. The van der Waals surface area contributed by atoms with Crippen molar-refractivity contribution in [2.45, 2.75) is 45.6 Å². The van der Waals surface area contributed by atoms with Gasteiger partial charge in [0.1, 0.15) is 0 Å². The van der Waals surface area contributed by atoms with Crippen molar-refractivity contribution in [3.63, 3.8) is 0 Å². The van der Waals surface area contributed by atoms with Crippen LogP contribution in [0.2, 0.25) is 0 Å². The zero-order valence-corrected chi connectivity index (χ0v) is 12.5.